The Morgan fingerprint density at radius 3 is 3.06 bits per heavy atom. The van der Waals surface area contributed by atoms with Crippen molar-refractivity contribution in [3.8, 4) is 0 Å². The minimum absolute atomic E-state index is 0.157. The molecular weight excluding hydrogens is 207 g/mol. The predicted octanol–water partition coefficient (Wildman–Crippen LogP) is 0.774. The molecule has 3 nitrogen and oxygen atoms in total. The number of hydrogen-bond acceptors (Lipinski definition) is 3. The van der Waals surface area contributed by atoms with E-state index in [-0.39, 0.29) is 24.0 Å². The highest BCUT2D eigenvalue weighted by molar-refractivity contribution is 5.34. The van der Waals surface area contributed by atoms with Crippen molar-refractivity contribution in [2.24, 2.45) is 5.73 Å². The summed E-state index contributed by atoms with van der Waals surface area (Å²) in [4.78, 5) is 2.19. The van der Waals surface area contributed by atoms with Crippen molar-refractivity contribution >= 4 is 0 Å². The highest BCUT2D eigenvalue weighted by Gasteiger charge is 2.39. The summed E-state index contributed by atoms with van der Waals surface area (Å²) < 4.78 is 13.2. The first-order chi connectivity index (χ1) is 7.65. The van der Waals surface area contributed by atoms with Crippen molar-refractivity contribution in [2.75, 3.05) is 6.54 Å². The van der Waals surface area contributed by atoms with E-state index >= 15 is 0 Å². The molecule has 2 heterocycles. The minimum Gasteiger partial charge on any atom is -0.392 e. The quantitative estimate of drug-likeness (QED) is 0.682. The molecule has 0 spiro atoms. The van der Waals surface area contributed by atoms with E-state index in [9.17, 15) is 9.50 Å². The van der Waals surface area contributed by atoms with Crippen LogP contribution < -0.4 is 5.73 Å². The highest BCUT2D eigenvalue weighted by Crippen LogP contribution is 2.36. The molecule has 2 aliphatic rings. The molecule has 0 aliphatic carbocycles. The molecule has 1 aromatic carbocycles. The van der Waals surface area contributed by atoms with E-state index in [4.69, 9.17) is 5.73 Å². The van der Waals surface area contributed by atoms with Gasteiger partial charge in [0.15, 0.2) is 0 Å². The third-order valence-electron chi connectivity index (χ3n) is 3.68. The van der Waals surface area contributed by atoms with Crippen molar-refractivity contribution in [3.05, 3.63) is 35.1 Å². The standard InChI is InChI=1S/C12H15FN2O/c13-8-2-1-7-5-15-6-9(16)4-11(15)12(14)10(7)3-8/h1-3,9,11-12,16H,4-6,14H2. The van der Waals surface area contributed by atoms with Gasteiger partial charge < -0.3 is 10.8 Å². The highest BCUT2D eigenvalue weighted by atomic mass is 19.1. The summed E-state index contributed by atoms with van der Waals surface area (Å²) in [6.07, 6.45) is 0.395. The number of nitrogens with two attached hydrogens (primary N) is 1. The number of aliphatic hydroxyl groups excluding tert-OH is 1. The summed E-state index contributed by atoms with van der Waals surface area (Å²) in [5.41, 5.74) is 8.12. The van der Waals surface area contributed by atoms with Crippen LogP contribution in [0.4, 0.5) is 4.39 Å². The number of halogens is 1. The lowest BCUT2D eigenvalue weighted by Crippen LogP contribution is -2.42. The van der Waals surface area contributed by atoms with Gasteiger partial charge in [0.1, 0.15) is 5.82 Å². The Morgan fingerprint density at radius 1 is 1.44 bits per heavy atom. The Labute approximate surface area is 93.7 Å². The number of benzene rings is 1. The normalized spacial score (nSPS) is 33.6. The predicted molar refractivity (Wildman–Crippen MR) is 58.2 cm³/mol. The van der Waals surface area contributed by atoms with Crippen LogP contribution in [0.25, 0.3) is 0 Å². The van der Waals surface area contributed by atoms with Crippen LogP contribution in [-0.4, -0.2) is 28.7 Å². The number of fused-ring (bicyclic) bond motifs is 2. The van der Waals surface area contributed by atoms with Crippen molar-refractivity contribution in [1.29, 1.82) is 0 Å². The van der Waals surface area contributed by atoms with Crippen LogP contribution in [0.5, 0.6) is 0 Å². The summed E-state index contributed by atoms with van der Waals surface area (Å²) in [5, 5.41) is 9.64. The Balaban J connectivity index is 2.00. The molecule has 0 amide bonds. The van der Waals surface area contributed by atoms with Crippen LogP contribution in [0, 0.1) is 5.82 Å². The third-order valence-corrected chi connectivity index (χ3v) is 3.68. The maximum absolute atomic E-state index is 13.2. The lowest BCUT2D eigenvalue weighted by atomic mass is 9.90. The van der Waals surface area contributed by atoms with Crippen molar-refractivity contribution in [1.82, 2.24) is 4.90 Å². The zero-order chi connectivity index (χ0) is 11.3. The van der Waals surface area contributed by atoms with Crippen LogP contribution in [0.1, 0.15) is 23.6 Å². The maximum atomic E-state index is 13.2. The lowest BCUT2D eigenvalue weighted by molar-refractivity contribution is 0.166. The number of rotatable bonds is 0. The van der Waals surface area contributed by atoms with Crippen LogP contribution in [0.3, 0.4) is 0 Å². The minimum atomic E-state index is -0.296. The Hall–Kier alpha value is -0.970. The summed E-state index contributed by atoms with van der Waals surface area (Å²) in [7, 11) is 0. The zero-order valence-corrected chi connectivity index (χ0v) is 8.94. The average Bonchev–Trinajstić information content (AvgIpc) is 2.61. The smallest absolute Gasteiger partial charge is 0.123 e. The Kier molecular flexibility index (Phi) is 2.24. The van der Waals surface area contributed by atoms with Gasteiger partial charge in [-0.2, -0.15) is 0 Å². The molecule has 0 saturated carbocycles. The van der Waals surface area contributed by atoms with E-state index in [2.05, 4.69) is 4.90 Å². The Morgan fingerprint density at radius 2 is 2.25 bits per heavy atom. The fourth-order valence-electron chi connectivity index (χ4n) is 2.91. The molecule has 4 heteroatoms. The molecule has 0 radical (unpaired) electrons. The van der Waals surface area contributed by atoms with Gasteiger partial charge >= 0.3 is 0 Å². The van der Waals surface area contributed by atoms with Crippen LogP contribution in [0.2, 0.25) is 0 Å². The first-order valence-electron chi connectivity index (χ1n) is 5.61. The van der Waals surface area contributed by atoms with E-state index < -0.39 is 0 Å². The van der Waals surface area contributed by atoms with E-state index in [1.807, 2.05) is 0 Å². The second-order valence-electron chi connectivity index (χ2n) is 4.76. The van der Waals surface area contributed by atoms with Crippen LogP contribution in [-0.2, 0) is 6.54 Å². The monoisotopic (exact) mass is 222 g/mol. The van der Waals surface area contributed by atoms with Crippen molar-refractivity contribution in [3.63, 3.8) is 0 Å². The molecule has 3 unspecified atom stereocenters. The van der Waals surface area contributed by atoms with Crippen molar-refractivity contribution < 1.29 is 9.50 Å². The molecule has 0 aromatic heterocycles. The molecule has 1 saturated heterocycles. The van der Waals surface area contributed by atoms with Gasteiger partial charge in [-0.1, -0.05) is 6.07 Å². The fourth-order valence-corrected chi connectivity index (χ4v) is 2.91. The second kappa shape index (κ2) is 3.52. The number of hydrogen-bond donors (Lipinski definition) is 2. The molecule has 0 bridgehead atoms. The largest absolute Gasteiger partial charge is 0.392 e. The maximum Gasteiger partial charge on any atom is 0.123 e. The van der Waals surface area contributed by atoms with Gasteiger partial charge in [0.2, 0.25) is 0 Å². The van der Waals surface area contributed by atoms with E-state index in [0.717, 1.165) is 17.7 Å². The van der Waals surface area contributed by atoms with Gasteiger partial charge in [-0.15, -0.1) is 0 Å². The lowest BCUT2D eigenvalue weighted by Gasteiger charge is -2.36. The molecule has 1 aromatic rings. The van der Waals surface area contributed by atoms with E-state index in [1.165, 1.54) is 12.1 Å². The SMILES string of the molecule is NC1c2cc(F)ccc2CN2CC(O)CC12. The Bertz CT molecular complexity index is 423. The topological polar surface area (TPSA) is 49.5 Å². The molecule has 3 N–H and O–H groups in total. The third kappa shape index (κ3) is 1.45. The summed E-state index contributed by atoms with van der Waals surface area (Å²) in [5.74, 6) is -0.235. The molecule has 2 aliphatic heterocycles. The molecular formula is C12H15FN2O. The zero-order valence-electron chi connectivity index (χ0n) is 8.94. The summed E-state index contributed by atoms with van der Waals surface area (Å²) in [6, 6.07) is 4.77. The van der Waals surface area contributed by atoms with Gasteiger partial charge in [0.05, 0.1) is 6.10 Å². The van der Waals surface area contributed by atoms with Crippen LogP contribution >= 0.6 is 0 Å². The average molecular weight is 222 g/mol. The van der Waals surface area contributed by atoms with Gasteiger partial charge in [0.25, 0.3) is 0 Å². The van der Waals surface area contributed by atoms with Gasteiger partial charge in [-0.25, -0.2) is 4.39 Å². The van der Waals surface area contributed by atoms with Gasteiger partial charge in [-0.3, -0.25) is 4.90 Å². The van der Waals surface area contributed by atoms with E-state index in [1.54, 1.807) is 6.07 Å². The molecule has 3 atom stereocenters. The number of aliphatic hydroxyl groups is 1. The number of nitrogens with zero attached hydrogens (tertiary/aromatic N) is 1. The van der Waals surface area contributed by atoms with Crippen LogP contribution in [0.15, 0.2) is 18.2 Å². The molecule has 1 fully saturated rings. The molecule has 3 rings (SSSR count). The van der Waals surface area contributed by atoms with Gasteiger partial charge in [0, 0.05) is 25.2 Å². The molecule has 16 heavy (non-hydrogen) atoms. The first kappa shape index (κ1) is 10.2. The summed E-state index contributed by atoms with van der Waals surface area (Å²) >= 11 is 0. The second-order valence-corrected chi connectivity index (χ2v) is 4.76. The van der Waals surface area contributed by atoms with E-state index in [0.29, 0.717) is 13.0 Å². The molecule has 86 valence electrons. The van der Waals surface area contributed by atoms with Crippen molar-refractivity contribution in [2.45, 2.75) is 31.2 Å². The fraction of sp³-hybridized carbons (Fsp3) is 0.500. The summed E-state index contributed by atoms with van der Waals surface area (Å²) in [6.45, 7) is 1.44. The van der Waals surface area contributed by atoms with Gasteiger partial charge in [-0.05, 0) is 29.7 Å². The first-order valence-corrected chi connectivity index (χ1v) is 5.61.